The SMILES string of the molecule is CC(C)c1nnc2n1C[C@@H](NC(=O)Cc1ccc3c(c1)CCO3)CC2. The number of amides is 1. The van der Waals surface area contributed by atoms with Crippen LogP contribution >= 0.6 is 0 Å². The first-order valence-corrected chi connectivity index (χ1v) is 9.06. The maximum Gasteiger partial charge on any atom is 0.224 e. The Bertz CT molecular complexity index is 797. The Labute approximate surface area is 147 Å². The summed E-state index contributed by atoms with van der Waals surface area (Å²) in [4.78, 5) is 12.5. The molecule has 2 aromatic rings. The van der Waals surface area contributed by atoms with Gasteiger partial charge in [-0.1, -0.05) is 26.0 Å². The molecule has 1 aromatic heterocycles. The van der Waals surface area contributed by atoms with Gasteiger partial charge in [0.05, 0.1) is 13.0 Å². The highest BCUT2D eigenvalue weighted by Gasteiger charge is 2.25. The Morgan fingerprint density at radius 2 is 2.24 bits per heavy atom. The van der Waals surface area contributed by atoms with E-state index in [0.717, 1.165) is 55.4 Å². The van der Waals surface area contributed by atoms with Crippen LogP contribution in [0.2, 0.25) is 0 Å². The van der Waals surface area contributed by atoms with Crippen LogP contribution in [0.25, 0.3) is 0 Å². The van der Waals surface area contributed by atoms with Crippen molar-refractivity contribution >= 4 is 5.91 Å². The summed E-state index contributed by atoms with van der Waals surface area (Å²) in [6.45, 7) is 5.75. The van der Waals surface area contributed by atoms with Crippen LogP contribution in [0.1, 0.15) is 49.0 Å². The van der Waals surface area contributed by atoms with E-state index in [1.54, 1.807) is 0 Å². The molecule has 6 heteroatoms. The molecule has 1 atom stereocenters. The van der Waals surface area contributed by atoms with Gasteiger partial charge in [0.1, 0.15) is 17.4 Å². The molecule has 0 saturated carbocycles. The lowest BCUT2D eigenvalue weighted by molar-refractivity contribution is -0.121. The van der Waals surface area contributed by atoms with Crippen molar-refractivity contribution < 1.29 is 9.53 Å². The molecule has 1 amide bonds. The first-order chi connectivity index (χ1) is 12.1. The lowest BCUT2D eigenvalue weighted by Crippen LogP contribution is -2.42. The highest BCUT2D eigenvalue weighted by atomic mass is 16.5. The number of nitrogens with zero attached hydrogens (tertiary/aromatic N) is 3. The Morgan fingerprint density at radius 3 is 3.08 bits per heavy atom. The quantitative estimate of drug-likeness (QED) is 0.924. The maximum atomic E-state index is 12.5. The summed E-state index contributed by atoms with van der Waals surface area (Å²) in [5, 5.41) is 11.8. The zero-order valence-electron chi connectivity index (χ0n) is 14.8. The fraction of sp³-hybridized carbons (Fsp3) is 0.526. The molecular weight excluding hydrogens is 316 g/mol. The third kappa shape index (κ3) is 3.25. The summed E-state index contributed by atoms with van der Waals surface area (Å²) in [6.07, 6.45) is 3.12. The Morgan fingerprint density at radius 1 is 1.36 bits per heavy atom. The maximum absolute atomic E-state index is 12.5. The summed E-state index contributed by atoms with van der Waals surface area (Å²) in [6, 6.07) is 6.20. The molecule has 0 spiro atoms. The Kier molecular flexibility index (Phi) is 4.19. The number of carbonyl (C=O) groups is 1. The normalized spacial score (nSPS) is 18.6. The van der Waals surface area contributed by atoms with Gasteiger partial charge in [-0.25, -0.2) is 0 Å². The fourth-order valence-corrected chi connectivity index (χ4v) is 3.71. The number of hydrogen-bond donors (Lipinski definition) is 1. The Balaban J connectivity index is 1.39. The van der Waals surface area contributed by atoms with Gasteiger partial charge in [0.25, 0.3) is 0 Å². The van der Waals surface area contributed by atoms with Crippen molar-refractivity contribution in [1.82, 2.24) is 20.1 Å². The van der Waals surface area contributed by atoms with E-state index in [9.17, 15) is 4.79 Å². The number of carbonyl (C=O) groups excluding carboxylic acids is 1. The number of benzene rings is 1. The second kappa shape index (κ2) is 6.50. The number of aryl methyl sites for hydroxylation is 1. The second-order valence-corrected chi connectivity index (χ2v) is 7.26. The van der Waals surface area contributed by atoms with Gasteiger partial charge in [-0.05, 0) is 23.6 Å². The molecule has 0 radical (unpaired) electrons. The number of hydrogen-bond acceptors (Lipinski definition) is 4. The van der Waals surface area contributed by atoms with Gasteiger partial charge in [0, 0.05) is 31.3 Å². The minimum Gasteiger partial charge on any atom is -0.493 e. The zero-order chi connectivity index (χ0) is 17.4. The molecular formula is C19H24N4O2. The van der Waals surface area contributed by atoms with Crippen molar-refractivity contribution in [2.24, 2.45) is 0 Å². The van der Waals surface area contributed by atoms with Crippen molar-refractivity contribution in [3.8, 4) is 5.75 Å². The zero-order valence-corrected chi connectivity index (χ0v) is 14.8. The summed E-state index contributed by atoms with van der Waals surface area (Å²) in [5.41, 5.74) is 2.25. The highest BCUT2D eigenvalue weighted by molar-refractivity contribution is 5.79. The van der Waals surface area contributed by atoms with Gasteiger partial charge in [-0.2, -0.15) is 0 Å². The largest absolute Gasteiger partial charge is 0.493 e. The van der Waals surface area contributed by atoms with Crippen LogP contribution in [0.15, 0.2) is 18.2 Å². The van der Waals surface area contributed by atoms with Crippen LogP contribution in [0.3, 0.4) is 0 Å². The molecule has 0 fully saturated rings. The van der Waals surface area contributed by atoms with E-state index in [1.807, 2.05) is 12.1 Å². The smallest absolute Gasteiger partial charge is 0.224 e. The van der Waals surface area contributed by atoms with Crippen molar-refractivity contribution in [3.63, 3.8) is 0 Å². The van der Waals surface area contributed by atoms with Gasteiger partial charge >= 0.3 is 0 Å². The van der Waals surface area contributed by atoms with E-state index in [2.05, 4.69) is 40.0 Å². The lowest BCUT2D eigenvalue weighted by Gasteiger charge is -2.26. The van der Waals surface area contributed by atoms with E-state index < -0.39 is 0 Å². The topological polar surface area (TPSA) is 69.0 Å². The minimum atomic E-state index is 0.0755. The molecule has 0 aliphatic carbocycles. The second-order valence-electron chi connectivity index (χ2n) is 7.26. The van der Waals surface area contributed by atoms with Gasteiger partial charge in [-0.3, -0.25) is 4.79 Å². The number of fused-ring (bicyclic) bond motifs is 2. The number of nitrogens with one attached hydrogen (secondary N) is 1. The van der Waals surface area contributed by atoms with E-state index >= 15 is 0 Å². The van der Waals surface area contributed by atoms with Gasteiger partial charge in [0.15, 0.2) is 0 Å². The third-order valence-corrected chi connectivity index (χ3v) is 4.98. The molecule has 4 rings (SSSR count). The first kappa shape index (κ1) is 16.1. The minimum absolute atomic E-state index is 0.0755. The number of ether oxygens (including phenoxy) is 1. The molecule has 1 aromatic carbocycles. The Hall–Kier alpha value is -2.37. The molecule has 2 aliphatic heterocycles. The molecule has 0 saturated heterocycles. The van der Waals surface area contributed by atoms with Gasteiger partial charge in [0.2, 0.25) is 5.91 Å². The predicted molar refractivity (Wildman–Crippen MR) is 93.7 cm³/mol. The van der Waals surface area contributed by atoms with Crippen LogP contribution in [0, 0.1) is 0 Å². The molecule has 0 unspecified atom stereocenters. The van der Waals surface area contributed by atoms with E-state index in [1.165, 1.54) is 5.56 Å². The van der Waals surface area contributed by atoms with Crippen LogP contribution in [-0.2, 0) is 30.6 Å². The number of aromatic nitrogens is 3. The van der Waals surface area contributed by atoms with E-state index in [4.69, 9.17) is 4.74 Å². The van der Waals surface area contributed by atoms with Crippen LogP contribution in [-0.4, -0.2) is 33.3 Å². The van der Waals surface area contributed by atoms with Crippen molar-refractivity contribution in [2.75, 3.05) is 6.61 Å². The molecule has 1 N–H and O–H groups in total. The first-order valence-electron chi connectivity index (χ1n) is 9.06. The average molecular weight is 340 g/mol. The van der Waals surface area contributed by atoms with Crippen LogP contribution in [0.4, 0.5) is 0 Å². The standard InChI is InChI=1S/C19H24N4O2/c1-12(2)19-22-21-17-6-4-15(11-23(17)19)20-18(24)10-13-3-5-16-14(9-13)7-8-25-16/h3,5,9,12,15H,4,6-8,10-11H2,1-2H3,(H,20,24)/t15-/m0/s1. The molecule has 2 aliphatic rings. The molecule has 25 heavy (non-hydrogen) atoms. The van der Waals surface area contributed by atoms with Gasteiger partial charge < -0.3 is 14.6 Å². The van der Waals surface area contributed by atoms with Gasteiger partial charge in [-0.15, -0.1) is 10.2 Å². The van der Waals surface area contributed by atoms with E-state index in [0.29, 0.717) is 12.3 Å². The summed E-state index contributed by atoms with van der Waals surface area (Å²) < 4.78 is 7.69. The molecule has 0 bridgehead atoms. The van der Waals surface area contributed by atoms with Crippen molar-refractivity contribution in [1.29, 1.82) is 0 Å². The summed E-state index contributed by atoms with van der Waals surface area (Å²) >= 11 is 0. The number of rotatable bonds is 4. The van der Waals surface area contributed by atoms with Crippen molar-refractivity contribution in [2.45, 2.75) is 58.0 Å². The summed E-state index contributed by atoms with van der Waals surface area (Å²) in [5.74, 6) is 3.41. The highest BCUT2D eigenvalue weighted by Crippen LogP contribution is 2.26. The molecule has 6 nitrogen and oxygen atoms in total. The fourth-order valence-electron chi connectivity index (χ4n) is 3.71. The summed E-state index contributed by atoms with van der Waals surface area (Å²) in [7, 11) is 0. The van der Waals surface area contributed by atoms with E-state index in [-0.39, 0.29) is 11.9 Å². The molecule has 132 valence electrons. The predicted octanol–water partition coefficient (Wildman–Crippen LogP) is 2.01. The lowest BCUT2D eigenvalue weighted by atomic mass is 10.0. The third-order valence-electron chi connectivity index (χ3n) is 4.98. The monoisotopic (exact) mass is 340 g/mol. The average Bonchev–Trinajstić information content (AvgIpc) is 3.20. The van der Waals surface area contributed by atoms with Crippen LogP contribution in [0.5, 0.6) is 5.75 Å². The van der Waals surface area contributed by atoms with Crippen molar-refractivity contribution in [3.05, 3.63) is 41.0 Å². The van der Waals surface area contributed by atoms with Crippen LogP contribution < -0.4 is 10.1 Å². The molecule has 3 heterocycles.